The number of rotatable bonds is 6. The van der Waals surface area contributed by atoms with E-state index in [0.29, 0.717) is 5.56 Å². The fourth-order valence-corrected chi connectivity index (χ4v) is 6.26. The number of pyridine rings is 1. The molecule has 41 heavy (non-hydrogen) atoms. The van der Waals surface area contributed by atoms with Crippen molar-refractivity contribution in [3.8, 4) is 0 Å². The van der Waals surface area contributed by atoms with Crippen molar-refractivity contribution in [2.45, 2.75) is 18.4 Å². The van der Waals surface area contributed by atoms with Gasteiger partial charge in [0.1, 0.15) is 0 Å². The molecule has 0 unspecified atom stereocenters. The minimum atomic E-state index is -0.339. The van der Waals surface area contributed by atoms with Crippen LogP contribution >= 0.6 is 11.8 Å². The Hall–Kier alpha value is -4.61. The Morgan fingerprint density at radius 1 is 0.902 bits per heavy atom. The molecule has 0 N–H and O–H groups in total. The molecule has 2 heterocycles. The zero-order chi connectivity index (χ0) is 28.3. The molecule has 5 aromatic rings. The second kappa shape index (κ2) is 11.5. The van der Waals surface area contributed by atoms with Crippen molar-refractivity contribution in [2.24, 2.45) is 0 Å². The van der Waals surface area contributed by atoms with Crippen molar-refractivity contribution in [1.82, 2.24) is 0 Å². The van der Waals surface area contributed by atoms with Crippen LogP contribution in [-0.2, 0) is 11.3 Å². The Balaban J connectivity index is 1.46. The summed E-state index contributed by atoms with van der Waals surface area (Å²) >= 11 is 1.77. The van der Waals surface area contributed by atoms with Gasteiger partial charge in [-0.15, -0.1) is 0 Å². The number of fused-ring (bicyclic) bond motifs is 2. The van der Waals surface area contributed by atoms with E-state index in [9.17, 15) is 4.79 Å². The number of hydrogen-bond donors (Lipinski definition) is 0. The second-order valence-electron chi connectivity index (χ2n) is 10.2. The molecule has 4 aromatic carbocycles. The van der Waals surface area contributed by atoms with Crippen molar-refractivity contribution < 1.29 is 14.1 Å². The van der Waals surface area contributed by atoms with E-state index in [4.69, 9.17) is 4.74 Å². The van der Waals surface area contributed by atoms with E-state index < -0.39 is 0 Å². The highest BCUT2D eigenvalue weighted by molar-refractivity contribution is 8.03. The molecule has 202 valence electrons. The predicted octanol–water partition coefficient (Wildman–Crippen LogP) is 7.89. The van der Waals surface area contributed by atoms with Gasteiger partial charge in [-0.2, -0.15) is 4.57 Å². The average molecular weight is 556 g/mol. The Kier molecular flexibility index (Phi) is 7.45. The zero-order valence-corrected chi connectivity index (χ0v) is 24.2. The number of ether oxygens (including phenoxy) is 1. The summed E-state index contributed by atoms with van der Waals surface area (Å²) in [6, 6.07) is 35.5. The van der Waals surface area contributed by atoms with Gasteiger partial charge in [0.2, 0.25) is 5.52 Å². The molecule has 5 heteroatoms. The molecule has 6 rings (SSSR count). The summed E-state index contributed by atoms with van der Waals surface area (Å²) in [5.41, 5.74) is 8.65. The maximum Gasteiger partial charge on any atom is 0.337 e. The minimum absolute atomic E-state index is 0.339. The molecule has 0 aliphatic carbocycles. The Bertz CT molecular complexity index is 1810. The van der Waals surface area contributed by atoms with E-state index in [2.05, 4.69) is 115 Å². The van der Waals surface area contributed by atoms with Crippen molar-refractivity contribution in [1.29, 1.82) is 0 Å². The van der Waals surface area contributed by atoms with Crippen molar-refractivity contribution in [2.75, 3.05) is 19.1 Å². The van der Waals surface area contributed by atoms with Gasteiger partial charge in [-0.05, 0) is 71.7 Å². The molecule has 0 amide bonds. The van der Waals surface area contributed by atoms with E-state index in [1.807, 2.05) is 30.3 Å². The number of aromatic nitrogens is 1. The van der Waals surface area contributed by atoms with Gasteiger partial charge in [0.25, 0.3) is 0 Å². The Morgan fingerprint density at radius 2 is 1.63 bits per heavy atom. The summed E-state index contributed by atoms with van der Waals surface area (Å²) in [5.74, 6) is -0.339. The smallest absolute Gasteiger partial charge is 0.337 e. The van der Waals surface area contributed by atoms with E-state index in [-0.39, 0.29) is 5.97 Å². The Labute approximate surface area is 245 Å². The molecule has 4 nitrogen and oxygen atoms in total. The SMILES string of the molecule is COC(=O)c1ccc(C(=Cc2cc[n+](Cc3ccccc3)c3ccccc23)C=C2Sc3ccc(C)cc3N2C)cc1. The fraction of sp³-hybridized carbons (Fsp3) is 0.111. The third kappa shape index (κ3) is 5.54. The average Bonchev–Trinajstić information content (AvgIpc) is 3.32. The first-order valence-electron chi connectivity index (χ1n) is 13.6. The van der Waals surface area contributed by atoms with Crippen LogP contribution in [-0.4, -0.2) is 20.1 Å². The van der Waals surface area contributed by atoms with Crippen molar-refractivity contribution in [3.63, 3.8) is 0 Å². The highest BCUT2D eigenvalue weighted by atomic mass is 32.2. The third-order valence-electron chi connectivity index (χ3n) is 7.40. The summed E-state index contributed by atoms with van der Waals surface area (Å²) in [6.07, 6.45) is 6.66. The number of thioether (sulfide) groups is 1. The lowest BCUT2D eigenvalue weighted by Gasteiger charge is -2.15. The number of allylic oxidation sites excluding steroid dienone is 2. The lowest BCUT2D eigenvalue weighted by atomic mass is 9.99. The van der Waals surface area contributed by atoms with Crippen LogP contribution in [0.5, 0.6) is 0 Å². The summed E-state index contributed by atoms with van der Waals surface area (Å²) in [6.45, 7) is 2.93. The second-order valence-corrected chi connectivity index (χ2v) is 11.2. The number of esters is 1. The van der Waals surface area contributed by atoms with Crippen LogP contribution in [0.3, 0.4) is 0 Å². The van der Waals surface area contributed by atoms with Gasteiger partial charge < -0.3 is 9.64 Å². The van der Waals surface area contributed by atoms with Crippen molar-refractivity contribution in [3.05, 3.63) is 148 Å². The first-order valence-corrected chi connectivity index (χ1v) is 14.4. The minimum Gasteiger partial charge on any atom is -0.465 e. The molecule has 1 aliphatic heterocycles. The van der Waals surface area contributed by atoms with E-state index in [1.165, 1.54) is 39.7 Å². The maximum atomic E-state index is 12.1. The van der Waals surface area contributed by atoms with E-state index >= 15 is 0 Å². The molecule has 0 saturated carbocycles. The molecule has 0 bridgehead atoms. The number of methoxy groups -OCH3 is 1. The van der Waals surface area contributed by atoms with Gasteiger partial charge in [0.05, 0.1) is 28.8 Å². The number of aryl methyl sites for hydroxylation is 1. The normalized spacial score (nSPS) is 14.0. The monoisotopic (exact) mass is 555 g/mol. The number of carbonyl (C=O) groups is 1. The fourth-order valence-electron chi connectivity index (χ4n) is 5.18. The highest BCUT2D eigenvalue weighted by Gasteiger charge is 2.23. The van der Waals surface area contributed by atoms with Gasteiger partial charge in [0, 0.05) is 29.6 Å². The molecule has 0 spiro atoms. The van der Waals surface area contributed by atoms with Gasteiger partial charge in [0.15, 0.2) is 12.7 Å². The first kappa shape index (κ1) is 26.6. The zero-order valence-electron chi connectivity index (χ0n) is 23.4. The summed E-state index contributed by atoms with van der Waals surface area (Å²) in [5, 5.41) is 2.33. The van der Waals surface area contributed by atoms with Gasteiger partial charge in [-0.25, -0.2) is 4.79 Å². The number of hydrogen-bond acceptors (Lipinski definition) is 4. The number of anilines is 1. The topological polar surface area (TPSA) is 33.4 Å². The quantitative estimate of drug-likeness (QED) is 0.158. The lowest BCUT2D eigenvalue weighted by molar-refractivity contribution is -0.662. The van der Waals surface area contributed by atoms with Crippen LogP contribution in [0.1, 0.15) is 32.6 Å². The predicted molar refractivity (Wildman–Crippen MR) is 169 cm³/mol. The molecule has 0 atom stereocenters. The molecule has 0 saturated heterocycles. The largest absolute Gasteiger partial charge is 0.465 e. The molecular weight excluding hydrogens is 524 g/mol. The maximum absolute atomic E-state index is 12.1. The number of para-hydroxylation sites is 1. The van der Waals surface area contributed by atoms with Gasteiger partial charge in [-0.3, -0.25) is 0 Å². The molecule has 1 aliphatic rings. The van der Waals surface area contributed by atoms with Crippen LogP contribution < -0.4 is 9.47 Å². The van der Waals surface area contributed by atoms with Crippen LogP contribution in [0.2, 0.25) is 0 Å². The molecular formula is C36H31N2O2S+. The number of nitrogens with zero attached hydrogens (tertiary/aromatic N) is 2. The van der Waals surface area contributed by atoms with Gasteiger partial charge in [-0.1, -0.05) is 72.4 Å². The summed E-state index contributed by atoms with van der Waals surface area (Å²) < 4.78 is 7.22. The van der Waals surface area contributed by atoms with Crippen LogP contribution in [0, 0.1) is 6.92 Å². The van der Waals surface area contributed by atoms with Crippen LogP contribution in [0.15, 0.2) is 125 Å². The summed E-state index contributed by atoms with van der Waals surface area (Å²) in [7, 11) is 3.52. The molecule has 0 fully saturated rings. The van der Waals surface area contributed by atoms with Crippen LogP contribution in [0.25, 0.3) is 22.6 Å². The number of carbonyl (C=O) groups excluding carboxylic acids is 1. The third-order valence-corrected chi connectivity index (χ3v) is 8.57. The standard InChI is InChI=1S/C36H31N2O2S/c1-25-13-18-34-33(21-25)37(2)35(41-34)23-30(27-14-16-28(17-15-27)36(39)40-3)22-29-19-20-38(24-26-9-5-4-6-10-26)32-12-8-7-11-31(29)32/h4-23H,24H2,1-3H3/q+1. The molecule has 1 aromatic heterocycles. The molecule has 0 radical (unpaired) electrons. The Morgan fingerprint density at radius 3 is 2.41 bits per heavy atom. The van der Waals surface area contributed by atoms with Crippen molar-refractivity contribution >= 4 is 46.0 Å². The first-order chi connectivity index (χ1) is 20.0. The number of benzene rings is 4. The van der Waals surface area contributed by atoms with E-state index in [0.717, 1.165) is 28.3 Å². The highest BCUT2D eigenvalue weighted by Crippen LogP contribution is 2.46. The lowest BCUT2D eigenvalue weighted by Crippen LogP contribution is -2.34. The summed E-state index contributed by atoms with van der Waals surface area (Å²) in [4.78, 5) is 15.6. The van der Waals surface area contributed by atoms with Crippen LogP contribution in [0.4, 0.5) is 5.69 Å². The van der Waals surface area contributed by atoms with E-state index in [1.54, 1.807) is 11.8 Å². The van der Waals surface area contributed by atoms with Gasteiger partial charge >= 0.3 is 5.97 Å².